The molecule has 0 aliphatic heterocycles. The summed E-state index contributed by atoms with van der Waals surface area (Å²) in [7, 11) is 0. The van der Waals surface area contributed by atoms with E-state index in [1.807, 2.05) is 0 Å². The average molecular weight is 385 g/mol. The minimum absolute atomic E-state index is 0.611. The summed E-state index contributed by atoms with van der Waals surface area (Å²) in [6, 6.07) is 24.2. The Balaban J connectivity index is 1.38. The lowest BCUT2D eigenvalue weighted by Crippen LogP contribution is -2.10. The zero-order chi connectivity index (χ0) is 20.2. The van der Waals surface area contributed by atoms with Gasteiger partial charge in [0, 0.05) is 0 Å². The number of hydrogen-bond donors (Lipinski definition) is 0. The summed E-state index contributed by atoms with van der Waals surface area (Å²) < 4.78 is 6.01. The molecule has 0 amide bonds. The summed E-state index contributed by atoms with van der Waals surface area (Å²) in [5.41, 5.74) is 7.85. The van der Waals surface area contributed by atoms with Gasteiger partial charge in [-0.25, -0.2) is 0 Å². The molecule has 0 radical (unpaired) electrons. The van der Waals surface area contributed by atoms with E-state index in [0.717, 1.165) is 17.6 Å². The molecule has 1 aliphatic rings. The van der Waals surface area contributed by atoms with Crippen molar-refractivity contribution in [3.63, 3.8) is 0 Å². The third-order valence-electron chi connectivity index (χ3n) is 6.48. The van der Waals surface area contributed by atoms with E-state index < -0.39 is 0 Å². The zero-order valence-electron chi connectivity index (χ0n) is 17.9. The average Bonchev–Trinajstić information content (AvgIpc) is 2.74. The first-order valence-corrected chi connectivity index (χ1v) is 11.0. The molecule has 0 N–H and O–H groups in total. The Kier molecular flexibility index (Phi) is 6.04. The van der Waals surface area contributed by atoms with Crippen LogP contribution >= 0.6 is 0 Å². The third-order valence-corrected chi connectivity index (χ3v) is 6.48. The molecule has 0 unspecified atom stereocenters. The van der Waals surface area contributed by atoms with Gasteiger partial charge in [-0.2, -0.15) is 0 Å². The highest BCUT2D eigenvalue weighted by Gasteiger charge is 2.19. The van der Waals surface area contributed by atoms with Crippen molar-refractivity contribution in [2.75, 3.05) is 0 Å². The fourth-order valence-electron chi connectivity index (χ4n) is 4.45. The Bertz CT molecular complexity index is 929. The molecule has 4 rings (SSSR count). The molecule has 1 aliphatic carbocycles. The van der Waals surface area contributed by atoms with E-state index in [1.165, 1.54) is 59.1 Å². The minimum Gasteiger partial charge on any atom is -0.489 e. The Morgan fingerprint density at radius 2 is 1.38 bits per heavy atom. The van der Waals surface area contributed by atoms with Crippen molar-refractivity contribution in [3.8, 4) is 16.9 Å². The Labute approximate surface area is 175 Å². The monoisotopic (exact) mass is 384 g/mol. The fourth-order valence-corrected chi connectivity index (χ4v) is 4.45. The highest BCUT2D eigenvalue weighted by atomic mass is 16.5. The van der Waals surface area contributed by atoms with Crippen LogP contribution in [0.3, 0.4) is 0 Å². The largest absolute Gasteiger partial charge is 0.489 e. The van der Waals surface area contributed by atoms with Crippen LogP contribution in [0.1, 0.15) is 60.8 Å². The molecule has 3 aromatic carbocycles. The lowest BCUT2D eigenvalue weighted by Gasteiger charge is -2.26. The molecular formula is C28H32O. The summed E-state index contributed by atoms with van der Waals surface area (Å²) in [6.07, 6.45) is 5.42. The summed E-state index contributed by atoms with van der Waals surface area (Å²) >= 11 is 0. The first kappa shape index (κ1) is 19.8. The van der Waals surface area contributed by atoms with Gasteiger partial charge in [-0.05, 0) is 78.5 Å². The molecule has 1 nitrogen and oxygen atoms in total. The molecular weight excluding hydrogens is 352 g/mol. The summed E-state index contributed by atoms with van der Waals surface area (Å²) in [5.74, 6) is 2.57. The topological polar surface area (TPSA) is 9.23 Å². The van der Waals surface area contributed by atoms with Crippen molar-refractivity contribution in [2.45, 2.75) is 59.0 Å². The predicted molar refractivity (Wildman–Crippen MR) is 122 cm³/mol. The van der Waals surface area contributed by atoms with Gasteiger partial charge in [0.25, 0.3) is 0 Å². The molecule has 0 saturated heterocycles. The second-order valence-electron chi connectivity index (χ2n) is 8.82. The van der Waals surface area contributed by atoms with Crippen molar-refractivity contribution in [1.82, 2.24) is 0 Å². The van der Waals surface area contributed by atoms with Gasteiger partial charge in [-0.1, -0.05) is 79.9 Å². The van der Waals surface area contributed by atoms with Gasteiger partial charge >= 0.3 is 0 Å². The lowest BCUT2D eigenvalue weighted by molar-refractivity contribution is 0.305. The maximum absolute atomic E-state index is 6.01. The van der Waals surface area contributed by atoms with Crippen LogP contribution in [0.15, 0.2) is 66.7 Å². The van der Waals surface area contributed by atoms with Crippen LogP contribution in [-0.4, -0.2) is 0 Å². The molecule has 0 heterocycles. The Hall–Kier alpha value is -2.54. The molecule has 0 atom stereocenters. The summed E-state index contributed by atoms with van der Waals surface area (Å²) in [5, 5.41) is 0. The summed E-state index contributed by atoms with van der Waals surface area (Å²) in [4.78, 5) is 0. The van der Waals surface area contributed by atoms with Crippen LogP contribution in [0, 0.1) is 19.8 Å². The van der Waals surface area contributed by atoms with Crippen molar-refractivity contribution >= 4 is 0 Å². The Morgan fingerprint density at radius 3 is 2.00 bits per heavy atom. The summed E-state index contributed by atoms with van der Waals surface area (Å²) in [6.45, 7) is 7.26. The van der Waals surface area contributed by atoms with E-state index in [2.05, 4.69) is 87.5 Å². The van der Waals surface area contributed by atoms with Gasteiger partial charge in [-0.15, -0.1) is 0 Å². The number of benzene rings is 3. The van der Waals surface area contributed by atoms with Crippen LogP contribution in [0.25, 0.3) is 11.1 Å². The minimum atomic E-state index is 0.611. The van der Waals surface area contributed by atoms with Gasteiger partial charge in [0.1, 0.15) is 12.4 Å². The second-order valence-corrected chi connectivity index (χ2v) is 8.82. The number of rotatable bonds is 5. The van der Waals surface area contributed by atoms with Crippen LogP contribution in [0.5, 0.6) is 5.75 Å². The maximum atomic E-state index is 6.01. The molecule has 0 aromatic heterocycles. The van der Waals surface area contributed by atoms with E-state index in [1.54, 1.807) is 0 Å². The van der Waals surface area contributed by atoms with E-state index in [4.69, 9.17) is 4.74 Å². The molecule has 150 valence electrons. The van der Waals surface area contributed by atoms with Crippen molar-refractivity contribution in [2.24, 2.45) is 5.92 Å². The molecule has 29 heavy (non-hydrogen) atoms. The lowest BCUT2D eigenvalue weighted by atomic mass is 9.79. The fraction of sp³-hybridized carbons (Fsp3) is 0.357. The SMILES string of the molecule is Cc1ccc(COc2ccc(-c3ccc(C4CCC(C)CC4)cc3)cc2)c(C)c1. The van der Waals surface area contributed by atoms with Crippen molar-refractivity contribution in [1.29, 1.82) is 0 Å². The highest BCUT2D eigenvalue weighted by molar-refractivity contribution is 5.64. The molecule has 3 aromatic rings. The van der Waals surface area contributed by atoms with Gasteiger partial charge in [0.2, 0.25) is 0 Å². The maximum Gasteiger partial charge on any atom is 0.119 e. The van der Waals surface area contributed by atoms with E-state index in [0.29, 0.717) is 6.61 Å². The van der Waals surface area contributed by atoms with Gasteiger partial charge in [0.15, 0.2) is 0 Å². The molecule has 1 fully saturated rings. The van der Waals surface area contributed by atoms with E-state index in [-0.39, 0.29) is 0 Å². The highest BCUT2D eigenvalue weighted by Crippen LogP contribution is 2.36. The molecule has 1 heteroatoms. The van der Waals surface area contributed by atoms with Crippen LogP contribution in [-0.2, 0) is 6.61 Å². The van der Waals surface area contributed by atoms with Crippen LogP contribution in [0.2, 0.25) is 0 Å². The quantitative estimate of drug-likeness (QED) is 0.435. The smallest absolute Gasteiger partial charge is 0.119 e. The number of hydrogen-bond acceptors (Lipinski definition) is 1. The molecule has 1 saturated carbocycles. The molecule has 0 bridgehead atoms. The van der Waals surface area contributed by atoms with Crippen LogP contribution < -0.4 is 4.74 Å². The van der Waals surface area contributed by atoms with E-state index >= 15 is 0 Å². The Morgan fingerprint density at radius 1 is 0.759 bits per heavy atom. The van der Waals surface area contributed by atoms with Gasteiger partial charge in [-0.3, -0.25) is 0 Å². The van der Waals surface area contributed by atoms with Crippen molar-refractivity contribution in [3.05, 3.63) is 89.0 Å². The number of aryl methyl sites for hydroxylation is 2. The third kappa shape index (κ3) is 4.90. The standard InChI is InChI=1S/C28H32O/c1-20-4-7-23(8-5-20)24-10-12-25(13-11-24)26-14-16-28(17-15-26)29-19-27-9-6-21(2)18-22(27)3/h6,9-18,20,23H,4-5,7-8,19H2,1-3H3. The predicted octanol–water partition coefficient (Wildman–Crippen LogP) is 7.84. The van der Waals surface area contributed by atoms with E-state index in [9.17, 15) is 0 Å². The number of ether oxygens (including phenoxy) is 1. The normalized spacial score (nSPS) is 19.1. The first-order valence-electron chi connectivity index (χ1n) is 11.0. The molecule has 0 spiro atoms. The van der Waals surface area contributed by atoms with Gasteiger partial charge in [0.05, 0.1) is 0 Å². The zero-order valence-corrected chi connectivity index (χ0v) is 17.9. The second kappa shape index (κ2) is 8.86. The van der Waals surface area contributed by atoms with Crippen molar-refractivity contribution < 1.29 is 4.74 Å². The first-order chi connectivity index (χ1) is 14.1. The van der Waals surface area contributed by atoms with Gasteiger partial charge < -0.3 is 4.74 Å². The van der Waals surface area contributed by atoms with Crippen LogP contribution in [0.4, 0.5) is 0 Å².